The lowest BCUT2D eigenvalue weighted by molar-refractivity contribution is -0.138. The number of carboxylic acid groups (broad SMARTS) is 1. The first kappa shape index (κ1) is 12.4. The molecule has 1 atom stereocenters. The number of rotatable bonds is 3. The van der Waals surface area contributed by atoms with Crippen LogP contribution in [0, 0.1) is 5.92 Å². The normalized spacial score (nSPS) is 28.5. The van der Waals surface area contributed by atoms with Gasteiger partial charge in [0.05, 0.1) is 11.5 Å². The molecule has 0 aromatic heterocycles. The van der Waals surface area contributed by atoms with E-state index in [1.54, 1.807) is 0 Å². The van der Waals surface area contributed by atoms with E-state index in [9.17, 15) is 22.0 Å². The van der Waals surface area contributed by atoms with Gasteiger partial charge in [0.15, 0.2) is 9.84 Å². The Balaban J connectivity index is 2.69. The van der Waals surface area contributed by atoms with Gasteiger partial charge in [-0.05, 0) is 6.42 Å². The van der Waals surface area contributed by atoms with Crippen LogP contribution in [-0.4, -0.2) is 36.9 Å². The second-order valence-electron chi connectivity index (χ2n) is 3.75. The van der Waals surface area contributed by atoms with Gasteiger partial charge in [-0.25, -0.2) is 17.2 Å². The van der Waals surface area contributed by atoms with Crippen molar-refractivity contribution in [3.05, 3.63) is 0 Å². The monoisotopic (exact) mass is 242 g/mol. The maximum Gasteiger partial charge on any atom is 0.303 e. The van der Waals surface area contributed by atoms with E-state index in [4.69, 9.17) is 5.11 Å². The maximum absolute atomic E-state index is 13.2. The molecule has 1 aliphatic rings. The highest BCUT2D eigenvalue weighted by Crippen LogP contribution is 2.37. The van der Waals surface area contributed by atoms with Crippen LogP contribution >= 0.6 is 0 Å². The van der Waals surface area contributed by atoms with E-state index in [1.165, 1.54) is 0 Å². The first-order valence-electron chi connectivity index (χ1n) is 4.53. The van der Waals surface area contributed by atoms with Crippen LogP contribution in [0.2, 0.25) is 0 Å². The zero-order chi connectivity index (χ0) is 11.7. The van der Waals surface area contributed by atoms with Crippen LogP contribution in [0.15, 0.2) is 0 Å². The average molecular weight is 242 g/mol. The number of aliphatic carboxylic acids is 1. The molecule has 1 aliphatic heterocycles. The van der Waals surface area contributed by atoms with E-state index < -0.39 is 52.0 Å². The van der Waals surface area contributed by atoms with Crippen molar-refractivity contribution in [2.45, 2.75) is 25.2 Å². The molecule has 1 fully saturated rings. The van der Waals surface area contributed by atoms with Crippen LogP contribution in [0.4, 0.5) is 8.78 Å². The molecule has 1 N–H and O–H groups in total. The number of halogens is 2. The molecule has 1 rings (SSSR count). The second kappa shape index (κ2) is 4.03. The predicted molar refractivity (Wildman–Crippen MR) is 48.6 cm³/mol. The van der Waals surface area contributed by atoms with Gasteiger partial charge in [-0.2, -0.15) is 0 Å². The number of sulfone groups is 1. The number of alkyl halides is 2. The summed E-state index contributed by atoms with van der Waals surface area (Å²) in [5.74, 6) is -6.71. The second-order valence-corrected chi connectivity index (χ2v) is 5.98. The number of carboxylic acids is 1. The highest BCUT2D eigenvalue weighted by molar-refractivity contribution is 7.91. The molecule has 0 aromatic carbocycles. The molecule has 1 saturated heterocycles. The Bertz CT molecular complexity index is 350. The summed E-state index contributed by atoms with van der Waals surface area (Å²) in [7, 11) is -3.42. The Labute approximate surface area is 86.2 Å². The van der Waals surface area contributed by atoms with E-state index in [1.807, 2.05) is 0 Å². The SMILES string of the molecule is O=C(O)CCC1CS(=O)(=O)CCC1(F)F. The third-order valence-electron chi connectivity index (χ3n) is 2.51. The summed E-state index contributed by atoms with van der Waals surface area (Å²) in [5.41, 5.74) is 0. The Morgan fingerprint density at radius 2 is 2.07 bits per heavy atom. The van der Waals surface area contributed by atoms with E-state index in [0.717, 1.165) is 0 Å². The van der Waals surface area contributed by atoms with Crippen LogP contribution < -0.4 is 0 Å². The number of hydrogen-bond acceptors (Lipinski definition) is 3. The molecule has 15 heavy (non-hydrogen) atoms. The third kappa shape index (κ3) is 3.40. The van der Waals surface area contributed by atoms with Crippen molar-refractivity contribution < 1.29 is 27.1 Å². The Morgan fingerprint density at radius 1 is 1.47 bits per heavy atom. The van der Waals surface area contributed by atoms with Crippen LogP contribution in [0.5, 0.6) is 0 Å². The minimum absolute atomic E-state index is 0.290. The van der Waals surface area contributed by atoms with E-state index in [-0.39, 0.29) is 6.42 Å². The van der Waals surface area contributed by atoms with Crippen LogP contribution in [-0.2, 0) is 14.6 Å². The molecule has 0 radical (unpaired) electrons. The Kier molecular flexibility index (Phi) is 3.32. The summed E-state index contributed by atoms with van der Waals surface area (Å²) in [6.07, 6.45) is -1.41. The molecular formula is C8H12F2O4S. The molecule has 0 spiro atoms. The van der Waals surface area contributed by atoms with Crippen LogP contribution in [0.3, 0.4) is 0 Å². The zero-order valence-corrected chi connectivity index (χ0v) is 8.77. The summed E-state index contributed by atoms with van der Waals surface area (Å²) in [4.78, 5) is 10.2. The van der Waals surface area contributed by atoms with Crippen molar-refractivity contribution >= 4 is 15.8 Å². The lowest BCUT2D eigenvalue weighted by Crippen LogP contribution is -2.41. The lowest BCUT2D eigenvalue weighted by Gasteiger charge is -2.30. The minimum atomic E-state index is -3.42. The quantitative estimate of drug-likeness (QED) is 0.798. The molecule has 0 aliphatic carbocycles. The lowest BCUT2D eigenvalue weighted by atomic mass is 9.95. The Hall–Kier alpha value is -0.720. The standard InChI is InChI=1S/C8H12F2O4S/c9-8(10)3-4-15(13,14)5-6(8)1-2-7(11)12/h6H,1-5H2,(H,11,12). The predicted octanol–water partition coefficient (Wildman–Crippen LogP) is 0.921. The Morgan fingerprint density at radius 3 is 2.60 bits per heavy atom. The van der Waals surface area contributed by atoms with Gasteiger partial charge in [-0.15, -0.1) is 0 Å². The summed E-state index contributed by atoms with van der Waals surface area (Å²) in [5, 5.41) is 8.35. The largest absolute Gasteiger partial charge is 0.481 e. The van der Waals surface area contributed by atoms with Crippen LogP contribution in [0.1, 0.15) is 19.3 Å². The van der Waals surface area contributed by atoms with Crippen LogP contribution in [0.25, 0.3) is 0 Å². The van der Waals surface area contributed by atoms with Crippen molar-refractivity contribution in [3.8, 4) is 0 Å². The van der Waals surface area contributed by atoms with Crippen molar-refractivity contribution in [2.75, 3.05) is 11.5 Å². The third-order valence-corrected chi connectivity index (χ3v) is 4.24. The molecule has 0 saturated carbocycles. The molecule has 7 heteroatoms. The summed E-state index contributed by atoms with van der Waals surface area (Å²) in [6, 6.07) is 0. The van der Waals surface area contributed by atoms with Crippen molar-refractivity contribution in [3.63, 3.8) is 0 Å². The smallest absolute Gasteiger partial charge is 0.303 e. The highest BCUT2D eigenvalue weighted by atomic mass is 32.2. The summed E-state index contributed by atoms with van der Waals surface area (Å²) >= 11 is 0. The van der Waals surface area contributed by atoms with E-state index in [2.05, 4.69) is 0 Å². The fraction of sp³-hybridized carbons (Fsp3) is 0.875. The van der Waals surface area contributed by atoms with Gasteiger partial charge in [0, 0.05) is 18.8 Å². The molecule has 88 valence electrons. The van der Waals surface area contributed by atoms with Gasteiger partial charge in [0.1, 0.15) is 0 Å². The summed E-state index contributed by atoms with van der Waals surface area (Å²) in [6.45, 7) is 0. The molecule has 0 aromatic rings. The highest BCUT2D eigenvalue weighted by Gasteiger charge is 2.46. The zero-order valence-electron chi connectivity index (χ0n) is 7.95. The maximum atomic E-state index is 13.2. The fourth-order valence-electron chi connectivity index (χ4n) is 1.60. The van der Waals surface area contributed by atoms with Gasteiger partial charge in [-0.3, -0.25) is 4.79 Å². The molecule has 0 amide bonds. The van der Waals surface area contributed by atoms with Crippen molar-refractivity contribution in [1.29, 1.82) is 0 Å². The first-order chi connectivity index (χ1) is 6.73. The number of hydrogen-bond donors (Lipinski definition) is 1. The van der Waals surface area contributed by atoms with Gasteiger partial charge >= 0.3 is 5.97 Å². The first-order valence-corrected chi connectivity index (χ1v) is 6.35. The van der Waals surface area contributed by atoms with Gasteiger partial charge in [0.2, 0.25) is 0 Å². The van der Waals surface area contributed by atoms with Crippen molar-refractivity contribution in [2.24, 2.45) is 5.92 Å². The van der Waals surface area contributed by atoms with E-state index in [0.29, 0.717) is 0 Å². The van der Waals surface area contributed by atoms with E-state index >= 15 is 0 Å². The van der Waals surface area contributed by atoms with Gasteiger partial charge in [-0.1, -0.05) is 0 Å². The minimum Gasteiger partial charge on any atom is -0.481 e. The topological polar surface area (TPSA) is 71.4 Å². The molecule has 4 nitrogen and oxygen atoms in total. The van der Waals surface area contributed by atoms with Gasteiger partial charge in [0.25, 0.3) is 5.92 Å². The average Bonchev–Trinajstić information content (AvgIpc) is 2.07. The van der Waals surface area contributed by atoms with Gasteiger partial charge < -0.3 is 5.11 Å². The van der Waals surface area contributed by atoms with Crippen molar-refractivity contribution in [1.82, 2.24) is 0 Å². The number of carbonyl (C=O) groups is 1. The molecular weight excluding hydrogens is 230 g/mol. The molecule has 1 unspecified atom stereocenters. The molecule has 0 bridgehead atoms. The molecule has 1 heterocycles. The summed E-state index contributed by atoms with van der Waals surface area (Å²) < 4.78 is 48.6. The fourth-order valence-corrected chi connectivity index (χ4v) is 3.37.